The highest BCUT2D eigenvalue weighted by molar-refractivity contribution is 5.82. The standard InChI is InChI=1S/C12H21F3N2O2/c1-2-19-8-4-7-17(9-12(13,14)15)11(18)10-5-3-6-16-10/h10,16H,2-9H2,1H3. The van der Waals surface area contributed by atoms with E-state index in [1.807, 2.05) is 6.92 Å². The van der Waals surface area contributed by atoms with Crippen molar-refractivity contribution in [2.75, 3.05) is 32.8 Å². The van der Waals surface area contributed by atoms with Gasteiger partial charge in [-0.15, -0.1) is 0 Å². The summed E-state index contributed by atoms with van der Waals surface area (Å²) < 4.78 is 42.5. The third-order valence-electron chi connectivity index (χ3n) is 2.96. The van der Waals surface area contributed by atoms with Gasteiger partial charge in [0, 0.05) is 19.8 Å². The van der Waals surface area contributed by atoms with Gasteiger partial charge in [0.2, 0.25) is 5.91 Å². The summed E-state index contributed by atoms with van der Waals surface area (Å²) in [6.07, 6.45) is -2.50. The molecule has 1 aliphatic rings. The number of carbonyl (C=O) groups excluding carboxylic acids is 1. The molecule has 1 saturated heterocycles. The summed E-state index contributed by atoms with van der Waals surface area (Å²) in [6, 6.07) is -0.463. The summed E-state index contributed by atoms with van der Waals surface area (Å²) in [5.41, 5.74) is 0. The van der Waals surface area contributed by atoms with E-state index in [9.17, 15) is 18.0 Å². The smallest absolute Gasteiger partial charge is 0.382 e. The number of halogens is 3. The van der Waals surface area contributed by atoms with Crippen LogP contribution in [-0.2, 0) is 9.53 Å². The first-order valence-electron chi connectivity index (χ1n) is 6.60. The zero-order chi connectivity index (χ0) is 14.3. The van der Waals surface area contributed by atoms with Gasteiger partial charge < -0.3 is 15.0 Å². The fourth-order valence-corrected chi connectivity index (χ4v) is 2.10. The minimum Gasteiger partial charge on any atom is -0.382 e. The quantitative estimate of drug-likeness (QED) is 0.720. The predicted molar refractivity (Wildman–Crippen MR) is 64.8 cm³/mol. The molecule has 0 spiro atoms. The number of alkyl halides is 3. The number of hydrogen-bond acceptors (Lipinski definition) is 3. The van der Waals surface area contributed by atoms with Gasteiger partial charge in [-0.2, -0.15) is 13.2 Å². The Morgan fingerprint density at radius 3 is 2.74 bits per heavy atom. The van der Waals surface area contributed by atoms with Gasteiger partial charge in [-0.05, 0) is 32.7 Å². The molecule has 0 aromatic rings. The van der Waals surface area contributed by atoms with Gasteiger partial charge in [0.25, 0.3) is 0 Å². The van der Waals surface area contributed by atoms with E-state index >= 15 is 0 Å². The number of nitrogens with zero attached hydrogens (tertiary/aromatic N) is 1. The van der Waals surface area contributed by atoms with Crippen molar-refractivity contribution in [3.63, 3.8) is 0 Å². The summed E-state index contributed by atoms with van der Waals surface area (Å²) in [5.74, 6) is -0.452. The van der Waals surface area contributed by atoms with Crippen molar-refractivity contribution < 1.29 is 22.7 Å². The molecule has 1 fully saturated rings. The molecule has 1 N–H and O–H groups in total. The Bertz CT molecular complexity index is 279. The van der Waals surface area contributed by atoms with E-state index in [4.69, 9.17) is 4.74 Å². The highest BCUT2D eigenvalue weighted by Gasteiger charge is 2.35. The minimum absolute atomic E-state index is 0.0799. The molecule has 0 saturated carbocycles. The van der Waals surface area contributed by atoms with Gasteiger partial charge in [-0.3, -0.25) is 4.79 Å². The molecule has 0 bridgehead atoms. The van der Waals surface area contributed by atoms with Crippen LogP contribution in [0.5, 0.6) is 0 Å². The van der Waals surface area contributed by atoms with Crippen LogP contribution >= 0.6 is 0 Å². The second-order valence-corrected chi connectivity index (χ2v) is 4.57. The average molecular weight is 282 g/mol. The Morgan fingerprint density at radius 2 is 2.21 bits per heavy atom. The van der Waals surface area contributed by atoms with Crippen LogP contribution in [-0.4, -0.2) is 55.9 Å². The van der Waals surface area contributed by atoms with Crippen molar-refractivity contribution >= 4 is 5.91 Å². The molecule has 0 aliphatic carbocycles. The first kappa shape index (κ1) is 16.2. The molecule has 0 radical (unpaired) electrons. The molecule has 1 atom stereocenters. The van der Waals surface area contributed by atoms with E-state index < -0.39 is 24.7 Å². The maximum atomic E-state index is 12.5. The van der Waals surface area contributed by atoms with Gasteiger partial charge in [0.05, 0.1) is 6.04 Å². The van der Waals surface area contributed by atoms with Gasteiger partial charge in [-0.1, -0.05) is 0 Å². The number of ether oxygens (including phenoxy) is 1. The molecule has 19 heavy (non-hydrogen) atoms. The summed E-state index contributed by atoms with van der Waals surface area (Å²) in [7, 11) is 0. The van der Waals surface area contributed by atoms with Crippen LogP contribution < -0.4 is 5.32 Å². The first-order chi connectivity index (χ1) is 8.94. The molecule has 1 heterocycles. The number of nitrogens with one attached hydrogen (secondary N) is 1. The van der Waals surface area contributed by atoms with Crippen molar-refractivity contribution in [2.24, 2.45) is 0 Å². The lowest BCUT2D eigenvalue weighted by molar-refractivity contribution is -0.162. The third kappa shape index (κ3) is 6.24. The van der Waals surface area contributed by atoms with Gasteiger partial charge in [-0.25, -0.2) is 0 Å². The Balaban J connectivity index is 2.49. The molecule has 1 rings (SSSR count). The molecule has 0 aromatic carbocycles. The van der Waals surface area contributed by atoms with E-state index in [0.29, 0.717) is 32.6 Å². The maximum absolute atomic E-state index is 12.5. The fraction of sp³-hybridized carbons (Fsp3) is 0.917. The minimum atomic E-state index is -4.36. The molecule has 1 aliphatic heterocycles. The topological polar surface area (TPSA) is 41.6 Å². The Kier molecular flexibility index (Phi) is 6.57. The van der Waals surface area contributed by atoms with Crippen LogP contribution in [0.25, 0.3) is 0 Å². The number of hydrogen-bond donors (Lipinski definition) is 1. The highest BCUT2D eigenvalue weighted by atomic mass is 19.4. The lowest BCUT2D eigenvalue weighted by Crippen LogP contribution is -2.47. The Morgan fingerprint density at radius 1 is 1.47 bits per heavy atom. The summed E-state index contributed by atoms with van der Waals surface area (Å²) in [4.78, 5) is 12.9. The first-order valence-corrected chi connectivity index (χ1v) is 6.60. The molecule has 0 aromatic heterocycles. The second-order valence-electron chi connectivity index (χ2n) is 4.57. The van der Waals surface area contributed by atoms with Crippen molar-refractivity contribution in [3.8, 4) is 0 Å². The van der Waals surface area contributed by atoms with Crippen LogP contribution in [0.3, 0.4) is 0 Å². The second kappa shape index (κ2) is 7.69. The number of amides is 1. The van der Waals surface area contributed by atoms with Gasteiger partial charge in [0.1, 0.15) is 6.54 Å². The van der Waals surface area contributed by atoms with Crippen molar-refractivity contribution in [1.29, 1.82) is 0 Å². The monoisotopic (exact) mass is 282 g/mol. The predicted octanol–water partition coefficient (Wildman–Crippen LogP) is 1.56. The normalized spacial score (nSPS) is 19.7. The van der Waals surface area contributed by atoms with Crippen LogP contribution in [0.15, 0.2) is 0 Å². The molecule has 7 heteroatoms. The average Bonchev–Trinajstić information content (AvgIpc) is 2.84. The summed E-state index contributed by atoms with van der Waals surface area (Å²) in [5, 5.41) is 2.93. The molecule has 112 valence electrons. The Labute approximate surface area is 111 Å². The zero-order valence-electron chi connectivity index (χ0n) is 11.1. The zero-order valence-corrected chi connectivity index (χ0v) is 11.1. The van der Waals surface area contributed by atoms with Crippen LogP contribution in [0.1, 0.15) is 26.2 Å². The maximum Gasteiger partial charge on any atom is 0.406 e. The lowest BCUT2D eigenvalue weighted by Gasteiger charge is -2.26. The van der Waals surface area contributed by atoms with Crippen molar-refractivity contribution in [1.82, 2.24) is 10.2 Å². The van der Waals surface area contributed by atoms with Crippen LogP contribution in [0.2, 0.25) is 0 Å². The summed E-state index contributed by atoms with van der Waals surface area (Å²) >= 11 is 0. The number of carbonyl (C=O) groups is 1. The Hall–Kier alpha value is -0.820. The highest BCUT2D eigenvalue weighted by Crippen LogP contribution is 2.18. The van der Waals surface area contributed by atoms with Crippen LogP contribution in [0.4, 0.5) is 13.2 Å². The number of rotatable bonds is 7. The van der Waals surface area contributed by atoms with Gasteiger partial charge >= 0.3 is 6.18 Å². The molecule has 1 amide bonds. The van der Waals surface area contributed by atoms with E-state index in [2.05, 4.69) is 5.32 Å². The largest absolute Gasteiger partial charge is 0.406 e. The van der Waals surface area contributed by atoms with Crippen LogP contribution in [0, 0.1) is 0 Å². The van der Waals surface area contributed by atoms with E-state index in [1.165, 1.54) is 0 Å². The van der Waals surface area contributed by atoms with E-state index in [1.54, 1.807) is 0 Å². The fourth-order valence-electron chi connectivity index (χ4n) is 2.10. The third-order valence-corrected chi connectivity index (χ3v) is 2.96. The molecule has 4 nitrogen and oxygen atoms in total. The van der Waals surface area contributed by atoms with Gasteiger partial charge in [0.15, 0.2) is 0 Å². The SMILES string of the molecule is CCOCCCN(CC(F)(F)F)C(=O)C1CCCN1. The van der Waals surface area contributed by atoms with Crippen molar-refractivity contribution in [3.05, 3.63) is 0 Å². The molecular weight excluding hydrogens is 261 g/mol. The summed E-state index contributed by atoms with van der Waals surface area (Å²) in [6.45, 7) is 2.30. The van der Waals surface area contributed by atoms with E-state index in [-0.39, 0.29) is 6.54 Å². The lowest BCUT2D eigenvalue weighted by atomic mass is 10.2. The molecular formula is C12H21F3N2O2. The molecule has 1 unspecified atom stereocenters. The van der Waals surface area contributed by atoms with E-state index in [0.717, 1.165) is 11.3 Å². The van der Waals surface area contributed by atoms with Crippen molar-refractivity contribution in [2.45, 2.75) is 38.4 Å².